The number of fused-ring (bicyclic) bond motifs is 13. The van der Waals surface area contributed by atoms with Gasteiger partial charge in [-0.1, -0.05) is 24.3 Å². The molecule has 0 aliphatic carbocycles. The molecule has 53 heavy (non-hydrogen) atoms. The van der Waals surface area contributed by atoms with Gasteiger partial charge >= 0.3 is 0 Å². The molecule has 2 fully saturated rings. The zero-order valence-corrected chi connectivity index (χ0v) is 29.5. The fraction of sp³-hybridized carbons (Fsp3) is 0.474. The molecule has 0 saturated carbocycles. The third-order valence-corrected chi connectivity index (χ3v) is 8.39. The minimum absolute atomic E-state index is 0.302. The minimum Gasteiger partial charge on any atom is -0.475 e. The van der Waals surface area contributed by atoms with Crippen molar-refractivity contribution in [2.45, 2.75) is 11.6 Å². The Labute approximate surface area is 307 Å². The summed E-state index contributed by atoms with van der Waals surface area (Å²) in [5.41, 5.74) is 3.24. The van der Waals surface area contributed by atoms with Crippen LogP contribution in [0.2, 0.25) is 0 Å². The van der Waals surface area contributed by atoms with E-state index in [9.17, 15) is 0 Å². The first kappa shape index (κ1) is 37.2. The molecule has 2 spiro atoms. The van der Waals surface area contributed by atoms with Crippen LogP contribution in [0, 0.1) is 0 Å². The molecule has 8 bridgehead atoms. The van der Waals surface area contributed by atoms with E-state index in [1.165, 1.54) is 0 Å². The molecule has 0 unspecified atom stereocenters. The van der Waals surface area contributed by atoms with Gasteiger partial charge in [0.05, 0.1) is 104 Å². The van der Waals surface area contributed by atoms with Gasteiger partial charge in [0, 0.05) is 12.1 Å². The van der Waals surface area contributed by atoms with E-state index in [0.717, 1.165) is 0 Å². The van der Waals surface area contributed by atoms with Gasteiger partial charge in [-0.25, -0.2) is 19.9 Å². The van der Waals surface area contributed by atoms with Crippen molar-refractivity contribution in [2.24, 2.45) is 0 Å². The van der Waals surface area contributed by atoms with Crippen molar-refractivity contribution >= 4 is 0 Å². The van der Waals surface area contributed by atoms with E-state index >= 15 is 0 Å². The standard InChI is InChI=1S/C38H44N4O11/c1-5-29-30-6-2-8-32(40-30)38(52-27-28-53-38)34-10-4-12-36(42-34)49-24-22-47-20-18-45-16-14-43-13-15-44-17-19-46-21-23-48-35-11-3-9-33(41-35)37(31(7-1)39-29)50-25-26-51-37/h1-12H,13-28H2. The quantitative estimate of drug-likeness (QED) is 0.260. The summed E-state index contributed by atoms with van der Waals surface area (Å²) in [6.45, 7) is 6.41. The maximum atomic E-state index is 6.26. The van der Waals surface area contributed by atoms with E-state index in [4.69, 9.17) is 72.0 Å². The largest absolute Gasteiger partial charge is 0.475 e. The summed E-state index contributed by atoms with van der Waals surface area (Å²) >= 11 is 0. The highest BCUT2D eigenvalue weighted by atomic mass is 16.7. The van der Waals surface area contributed by atoms with Crippen molar-refractivity contribution in [3.8, 4) is 23.1 Å². The first-order chi connectivity index (χ1) is 26.3. The molecule has 4 aromatic heterocycles. The van der Waals surface area contributed by atoms with Crippen molar-refractivity contribution in [2.75, 3.05) is 106 Å². The number of hydrogen-bond acceptors (Lipinski definition) is 15. The van der Waals surface area contributed by atoms with E-state index in [1.54, 1.807) is 12.1 Å². The SMILES string of the molecule is c1cc2nc(c1)C1(OCCO1)c1cccc(n1)-c1cccc(n1)C1(OCCO1)c1cccc(n1)OCCOCCOCCOCCOCCOCCO2. The second kappa shape index (κ2) is 18.7. The molecule has 2 saturated heterocycles. The molecule has 15 heteroatoms. The monoisotopic (exact) mass is 732 g/mol. The van der Waals surface area contributed by atoms with Gasteiger partial charge in [0.15, 0.2) is 0 Å². The fourth-order valence-corrected chi connectivity index (χ4v) is 5.95. The van der Waals surface area contributed by atoms with Gasteiger partial charge < -0.3 is 52.1 Å². The smallest absolute Gasteiger partial charge is 0.257 e. The van der Waals surface area contributed by atoms with E-state index < -0.39 is 11.6 Å². The Hall–Kier alpha value is -4.16. The summed E-state index contributed by atoms with van der Waals surface area (Å²) < 4.78 is 64.9. The predicted molar refractivity (Wildman–Crippen MR) is 186 cm³/mol. The van der Waals surface area contributed by atoms with E-state index in [1.807, 2.05) is 60.7 Å². The predicted octanol–water partition coefficient (Wildman–Crippen LogP) is 3.28. The van der Waals surface area contributed by atoms with Crippen LogP contribution in [0.1, 0.15) is 22.8 Å². The summed E-state index contributed by atoms with van der Waals surface area (Å²) in [5.74, 6) is -1.87. The third-order valence-electron chi connectivity index (χ3n) is 8.39. The highest BCUT2D eigenvalue weighted by Gasteiger charge is 2.45. The molecule has 0 atom stereocenters. The van der Waals surface area contributed by atoms with E-state index in [2.05, 4.69) is 0 Å². The Balaban J connectivity index is 1.13. The average molecular weight is 733 g/mol. The van der Waals surface area contributed by atoms with Crippen LogP contribution in [0.25, 0.3) is 11.4 Å². The normalized spacial score (nSPS) is 20.7. The van der Waals surface area contributed by atoms with Gasteiger partial charge in [-0.05, 0) is 36.4 Å². The molecule has 4 aromatic rings. The Morgan fingerprint density at radius 3 is 0.981 bits per heavy atom. The molecule has 3 aliphatic rings. The van der Waals surface area contributed by atoms with Gasteiger partial charge in [0.1, 0.15) is 36.0 Å². The van der Waals surface area contributed by atoms with Crippen molar-refractivity contribution in [3.63, 3.8) is 0 Å². The lowest BCUT2D eigenvalue weighted by atomic mass is 10.0. The van der Waals surface area contributed by atoms with Crippen LogP contribution in [-0.4, -0.2) is 126 Å². The summed E-state index contributed by atoms with van der Waals surface area (Å²) in [5, 5.41) is 0. The van der Waals surface area contributed by atoms with Gasteiger partial charge in [0.25, 0.3) is 11.6 Å². The Morgan fingerprint density at radius 1 is 0.321 bits per heavy atom. The molecule has 7 rings (SSSR count). The summed E-state index contributed by atoms with van der Waals surface area (Å²) in [7, 11) is 0. The van der Waals surface area contributed by atoms with Crippen LogP contribution in [0.3, 0.4) is 0 Å². The third kappa shape index (κ3) is 9.32. The van der Waals surface area contributed by atoms with E-state index in [-0.39, 0.29) is 0 Å². The van der Waals surface area contributed by atoms with E-state index in [0.29, 0.717) is 152 Å². The minimum atomic E-state index is -1.34. The number of rotatable bonds is 0. The van der Waals surface area contributed by atoms with Crippen molar-refractivity contribution in [1.82, 2.24) is 19.9 Å². The molecular weight excluding hydrogens is 688 g/mol. The molecular formula is C38H44N4O11. The second-order valence-corrected chi connectivity index (χ2v) is 11.9. The van der Waals surface area contributed by atoms with Crippen LogP contribution in [0.5, 0.6) is 11.8 Å². The first-order valence-electron chi connectivity index (χ1n) is 17.9. The Kier molecular flexibility index (Phi) is 13.1. The molecule has 0 aromatic carbocycles. The van der Waals surface area contributed by atoms with Gasteiger partial charge in [-0.15, -0.1) is 0 Å². The van der Waals surface area contributed by atoms with Gasteiger partial charge in [-0.3, -0.25) is 0 Å². The van der Waals surface area contributed by atoms with Crippen LogP contribution in [0.15, 0.2) is 72.8 Å². The number of pyridine rings is 4. The molecule has 15 nitrogen and oxygen atoms in total. The van der Waals surface area contributed by atoms with Crippen molar-refractivity contribution in [3.05, 3.63) is 95.6 Å². The lowest BCUT2D eigenvalue weighted by molar-refractivity contribution is -0.136. The molecule has 0 radical (unpaired) electrons. The maximum Gasteiger partial charge on any atom is 0.257 e. The first-order valence-corrected chi connectivity index (χ1v) is 17.9. The summed E-state index contributed by atoms with van der Waals surface area (Å²) in [6, 6.07) is 22.1. The van der Waals surface area contributed by atoms with Crippen molar-refractivity contribution < 1.29 is 52.1 Å². The average Bonchev–Trinajstić information content (AvgIpc) is 3.92. The van der Waals surface area contributed by atoms with Crippen LogP contribution in [-0.2, 0) is 54.2 Å². The number of hydrogen-bond donors (Lipinski definition) is 0. The van der Waals surface area contributed by atoms with Gasteiger partial charge in [0.2, 0.25) is 11.8 Å². The van der Waals surface area contributed by atoms with Crippen LogP contribution >= 0.6 is 0 Å². The highest BCUT2D eigenvalue weighted by molar-refractivity contribution is 5.55. The molecule has 0 amide bonds. The zero-order chi connectivity index (χ0) is 36.0. The number of ether oxygens (including phenoxy) is 11. The molecule has 3 aliphatic heterocycles. The molecule has 7 heterocycles. The fourth-order valence-electron chi connectivity index (χ4n) is 5.95. The Bertz CT molecular complexity index is 1610. The topological polar surface area (TPSA) is 153 Å². The Morgan fingerprint density at radius 2 is 0.623 bits per heavy atom. The maximum absolute atomic E-state index is 6.26. The van der Waals surface area contributed by atoms with Crippen LogP contribution < -0.4 is 9.47 Å². The molecule has 0 N–H and O–H groups in total. The second-order valence-electron chi connectivity index (χ2n) is 11.9. The molecule has 282 valence electrons. The highest BCUT2D eigenvalue weighted by Crippen LogP contribution is 2.40. The van der Waals surface area contributed by atoms with Crippen LogP contribution in [0.4, 0.5) is 0 Å². The van der Waals surface area contributed by atoms with Gasteiger partial charge in [-0.2, -0.15) is 0 Å². The summed E-state index contributed by atoms with van der Waals surface area (Å²) in [4.78, 5) is 19.5. The number of nitrogens with zero attached hydrogens (tertiary/aromatic N) is 4. The zero-order valence-electron chi connectivity index (χ0n) is 29.5. The van der Waals surface area contributed by atoms with Crippen molar-refractivity contribution in [1.29, 1.82) is 0 Å². The summed E-state index contributed by atoms with van der Waals surface area (Å²) in [6.07, 6.45) is 0. The lowest BCUT2D eigenvalue weighted by Crippen LogP contribution is -2.32. The lowest BCUT2D eigenvalue weighted by Gasteiger charge is -2.27. The number of aromatic nitrogens is 4.